The number of fused-ring (bicyclic) bond motifs is 1. The zero-order chi connectivity index (χ0) is 36.0. The van der Waals surface area contributed by atoms with Crippen LogP contribution < -0.4 is 24.4 Å². The van der Waals surface area contributed by atoms with Crippen molar-refractivity contribution < 1.29 is 27.4 Å². The number of carbonyl (C=O) groups excluding carboxylic acids is 1. The van der Waals surface area contributed by atoms with E-state index in [9.17, 15) is 13.2 Å². The van der Waals surface area contributed by atoms with Gasteiger partial charge in [-0.25, -0.2) is 13.4 Å². The second kappa shape index (κ2) is 13.7. The van der Waals surface area contributed by atoms with Gasteiger partial charge in [0.2, 0.25) is 5.91 Å². The molecule has 1 spiro atoms. The third-order valence-corrected chi connectivity index (χ3v) is 11.9. The topological polar surface area (TPSA) is 124 Å². The number of nitrogens with one attached hydrogen (secondary N) is 1. The Kier molecular flexibility index (Phi) is 9.64. The van der Waals surface area contributed by atoms with Crippen molar-refractivity contribution in [3.63, 3.8) is 0 Å². The standard InChI is InChI=1S/C36H37Cl2N5O6S/c1-7-31(44)41-25-15-22(28(47-4)17-27(25)42-19-36(20-42)8-12-50(45,46)13-9-36)24(39-3)16-26-21(2)14-23(35-40-10-11-43(26)35)32-33(37)29(48-5)18-30(49-6)34(32)38/h7,10-11,14-18H,1,3,8-9,12-13,19-20H2,2,4-6H3,(H,41,44)/b24-16-. The van der Waals surface area contributed by atoms with Gasteiger partial charge in [-0.3, -0.25) is 14.2 Å². The molecule has 2 aliphatic rings. The molecule has 0 saturated carbocycles. The van der Waals surface area contributed by atoms with Crippen LogP contribution in [0.3, 0.4) is 0 Å². The lowest BCUT2D eigenvalue weighted by Crippen LogP contribution is -2.59. The van der Waals surface area contributed by atoms with E-state index in [0.29, 0.717) is 86.9 Å². The van der Waals surface area contributed by atoms with Crippen LogP contribution in [0.1, 0.15) is 29.7 Å². The van der Waals surface area contributed by atoms with Gasteiger partial charge in [0, 0.05) is 59.7 Å². The number of nitrogens with zero attached hydrogens (tertiary/aromatic N) is 4. The number of carbonyl (C=O) groups is 1. The first-order valence-electron chi connectivity index (χ1n) is 15.7. The van der Waals surface area contributed by atoms with Crippen molar-refractivity contribution in [2.75, 3.05) is 56.1 Å². The summed E-state index contributed by atoms with van der Waals surface area (Å²) in [7, 11) is 1.62. The lowest BCUT2D eigenvalue weighted by Gasteiger charge is -2.53. The molecule has 2 aromatic heterocycles. The molecule has 14 heteroatoms. The first kappa shape index (κ1) is 35.3. The quantitative estimate of drug-likeness (QED) is 0.137. The number of hydrogen-bond donors (Lipinski definition) is 1. The summed E-state index contributed by atoms with van der Waals surface area (Å²) < 4.78 is 43.0. The van der Waals surface area contributed by atoms with Gasteiger partial charge >= 0.3 is 0 Å². The fraction of sp³-hybridized carbons (Fsp3) is 0.306. The van der Waals surface area contributed by atoms with Gasteiger partial charge in [0.15, 0.2) is 0 Å². The van der Waals surface area contributed by atoms with Crippen molar-refractivity contribution in [1.82, 2.24) is 9.38 Å². The van der Waals surface area contributed by atoms with Gasteiger partial charge in [-0.1, -0.05) is 29.8 Å². The van der Waals surface area contributed by atoms with Gasteiger partial charge in [0.05, 0.1) is 65.6 Å². The number of pyridine rings is 1. The second-order valence-electron chi connectivity index (χ2n) is 12.5. The van der Waals surface area contributed by atoms with Crippen LogP contribution in [0, 0.1) is 12.3 Å². The lowest BCUT2D eigenvalue weighted by molar-refractivity contribution is -0.111. The van der Waals surface area contributed by atoms with Crippen LogP contribution in [0.2, 0.25) is 10.0 Å². The predicted octanol–water partition coefficient (Wildman–Crippen LogP) is 6.98. The molecule has 0 radical (unpaired) electrons. The maximum absolute atomic E-state index is 12.6. The number of sulfone groups is 1. The highest BCUT2D eigenvalue weighted by Gasteiger charge is 2.47. The van der Waals surface area contributed by atoms with Crippen LogP contribution in [0.5, 0.6) is 17.2 Å². The highest BCUT2D eigenvalue weighted by Crippen LogP contribution is 2.49. The Morgan fingerprint density at radius 3 is 2.24 bits per heavy atom. The van der Waals surface area contributed by atoms with Crippen molar-refractivity contribution in [2.45, 2.75) is 19.8 Å². The van der Waals surface area contributed by atoms with Crippen LogP contribution in [0.15, 0.2) is 54.3 Å². The van der Waals surface area contributed by atoms with Crippen molar-refractivity contribution in [2.24, 2.45) is 10.4 Å². The molecule has 2 fully saturated rings. The van der Waals surface area contributed by atoms with Crippen molar-refractivity contribution in [1.29, 1.82) is 0 Å². The Morgan fingerprint density at radius 2 is 1.66 bits per heavy atom. The Balaban J connectivity index is 1.45. The molecule has 262 valence electrons. The first-order chi connectivity index (χ1) is 23.9. The summed E-state index contributed by atoms with van der Waals surface area (Å²) in [4.78, 5) is 23.8. The maximum atomic E-state index is 12.6. The van der Waals surface area contributed by atoms with E-state index in [1.54, 1.807) is 19.4 Å². The fourth-order valence-electron chi connectivity index (χ4n) is 6.77. The van der Waals surface area contributed by atoms with Gasteiger partial charge < -0.3 is 24.4 Å². The summed E-state index contributed by atoms with van der Waals surface area (Å²) in [5.74, 6) is 1.34. The summed E-state index contributed by atoms with van der Waals surface area (Å²) >= 11 is 13.6. The molecule has 6 rings (SSSR count). The minimum absolute atomic E-state index is 0.0744. The van der Waals surface area contributed by atoms with Crippen LogP contribution in [-0.2, 0) is 14.6 Å². The average Bonchev–Trinajstić information content (AvgIpc) is 3.58. The molecule has 1 N–H and O–H groups in total. The molecule has 2 saturated heterocycles. The molecule has 2 aromatic carbocycles. The Hall–Kier alpha value is -4.52. The van der Waals surface area contributed by atoms with E-state index in [0.717, 1.165) is 16.9 Å². The average molecular weight is 739 g/mol. The van der Waals surface area contributed by atoms with Crippen molar-refractivity contribution in [3.05, 3.63) is 76.2 Å². The van der Waals surface area contributed by atoms with E-state index in [-0.39, 0.29) is 22.8 Å². The van der Waals surface area contributed by atoms with Crippen molar-refractivity contribution in [3.8, 4) is 28.4 Å². The van der Waals surface area contributed by atoms with Crippen molar-refractivity contribution >= 4 is 74.5 Å². The number of rotatable bonds is 10. The number of halogens is 2. The number of anilines is 2. The van der Waals surface area contributed by atoms with Gasteiger partial charge in [0.25, 0.3) is 0 Å². The molecule has 0 aliphatic carbocycles. The fourth-order valence-corrected chi connectivity index (χ4v) is 9.17. The molecule has 0 atom stereocenters. The van der Waals surface area contributed by atoms with E-state index in [1.165, 1.54) is 20.3 Å². The van der Waals surface area contributed by atoms with E-state index in [2.05, 4.69) is 33.5 Å². The molecule has 0 bridgehead atoms. The van der Waals surface area contributed by atoms with Gasteiger partial charge in [-0.05, 0) is 56.3 Å². The molecule has 1 amide bonds. The van der Waals surface area contributed by atoms with Crippen LogP contribution >= 0.6 is 23.2 Å². The number of aromatic nitrogens is 2. The van der Waals surface area contributed by atoms with E-state index < -0.39 is 9.84 Å². The minimum atomic E-state index is -2.99. The van der Waals surface area contributed by atoms with Crippen LogP contribution in [-0.4, -0.2) is 76.4 Å². The summed E-state index contributed by atoms with van der Waals surface area (Å²) in [6.07, 6.45) is 7.81. The van der Waals surface area contributed by atoms with E-state index in [4.69, 9.17) is 37.4 Å². The number of imidazole rings is 1. The van der Waals surface area contributed by atoms with Gasteiger partial charge in [-0.15, -0.1) is 0 Å². The van der Waals surface area contributed by atoms with Crippen LogP contribution in [0.4, 0.5) is 11.4 Å². The normalized spacial score (nSPS) is 16.5. The highest BCUT2D eigenvalue weighted by atomic mass is 35.5. The van der Waals surface area contributed by atoms with Gasteiger partial charge in [0.1, 0.15) is 32.7 Å². The summed E-state index contributed by atoms with van der Waals surface area (Å²) in [5.41, 5.74) is 5.64. The molecule has 4 heterocycles. The molecular weight excluding hydrogens is 701 g/mol. The number of hydrogen-bond acceptors (Lipinski definition) is 9. The third-order valence-electron chi connectivity index (χ3n) is 9.51. The molecule has 2 aliphatic heterocycles. The monoisotopic (exact) mass is 737 g/mol. The third kappa shape index (κ3) is 6.31. The molecule has 11 nitrogen and oxygen atoms in total. The number of aliphatic imine (C=N–C) groups is 1. The maximum Gasteiger partial charge on any atom is 0.247 e. The Labute approximate surface area is 301 Å². The number of benzene rings is 2. The Morgan fingerprint density at radius 1 is 1.02 bits per heavy atom. The zero-order valence-corrected chi connectivity index (χ0v) is 30.5. The minimum Gasteiger partial charge on any atom is -0.496 e. The predicted molar refractivity (Wildman–Crippen MR) is 200 cm³/mol. The number of methoxy groups -OCH3 is 3. The van der Waals surface area contributed by atoms with E-state index >= 15 is 0 Å². The first-order valence-corrected chi connectivity index (χ1v) is 18.3. The van der Waals surface area contributed by atoms with E-state index in [1.807, 2.05) is 41.8 Å². The summed E-state index contributed by atoms with van der Waals surface area (Å²) in [6.45, 7) is 10.8. The molecule has 4 aromatic rings. The Bertz CT molecular complexity index is 2150. The van der Waals surface area contributed by atoms with Gasteiger partial charge in [-0.2, -0.15) is 0 Å². The SMILES string of the molecule is C=CC(=O)Nc1cc(/C(=C/c2c(C)cc(-c3c(Cl)c(OC)cc(OC)c3Cl)c3nccn23)N=C)c(OC)cc1N1CC2(CCS(=O)(=O)CC2)C1. The number of aryl methyl sites for hydroxylation is 1. The summed E-state index contributed by atoms with van der Waals surface area (Å²) in [5, 5.41) is 3.58. The second-order valence-corrected chi connectivity index (χ2v) is 15.5. The molecular formula is C36H37Cl2N5O6S. The molecule has 0 unspecified atom stereocenters. The highest BCUT2D eigenvalue weighted by molar-refractivity contribution is 7.91. The summed E-state index contributed by atoms with van der Waals surface area (Å²) in [6, 6.07) is 7.24. The largest absolute Gasteiger partial charge is 0.496 e. The van der Waals surface area contributed by atoms with Crippen LogP contribution in [0.25, 0.3) is 28.5 Å². The number of amides is 1. The lowest BCUT2D eigenvalue weighted by atomic mass is 9.74. The number of ether oxygens (including phenoxy) is 3. The molecule has 50 heavy (non-hydrogen) atoms. The zero-order valence-electron chi connectivity index (χ0n) is 28.2. The smallest absolute Gasteiger partial charge is 0.247 e.